The zero-order valence-corrected chi connectivity index (χ0v) is 15.1. The lowest BCUT2D eigenvalue weighted by molar-refractivity contribution is -0.384. The minimum atomic E-state index is -0.547. The van der Waals surface area contributed by atoms with E-state index >= 15 is 0 Å². The van der Waals surface area contributed by atoms with Crippen LogP contribution in [0, 0.1) is 15.5 Å². The Balaban J connectivity index is 1.82. The summed E-state index contributed by atoms with van der Waals surface area (Å²) in [5.41, 5.74) is 1.36. The first-order valence-electron chi connectivity index (χ1n) is 8.69. The van der Waals surface area contributed by atoms with Gasteiger partial charge in [0.25, 0.3) is 5.69 Å². The van der Waals surface area contributed by atoms with E-state index in [1.807, 2.05) is 18.0 Å². The number of ether oxygens (including phenoxy) is 1. The van der Waals surface area contributed by atoms with Crippen molar-refractivity contribution in [3.63, 3.8) is 0 Å². The quantitative estimate of drug-likeness (QED) is 0.471. The third-order valence-electron chi connectivity index (χ3n) is 4.84. The minimum Gasteiger partial charge on any atom is -0.407 e. The molecule has 0 radical (unpaired) electrons. The lowest BCUT2D eigenvalue weighted by atomic mass is 9.75. The van der Waals surface area contributed by atoms with E-state index in [2.05, 4.69) is 13.8 Å². The second-order valence-corrected chi connectivity index (χ2v) is 7.58. The standard InChI is InChI=1S/C17H25BN2O5/c1-17(2)11-24-18(25-12-17)13-4-5-15(16(10-13)20(21)22)19(3)14-6-8-23-9-7-14/h4-5,10,14H,6-9,11-12H2,1-3H3. The van der Waals surface area contributed by atoms with E-state index in [-0.39, 0.29) is 22.1 Å². The highest BCUT2D eigenvalue weighted by Gasteiger charge is 2.35. The first-order valence-corrected chi connectivity index (χ1v) is 8.69. The second kappa shape index (κ2) is 7.31. The van der Waals surface area contributed by atoms with Gasteiger partial charge in [-0.2, -0.15) is 0 Å². The fourth-order valence-electron chi connectivity index (χ4n) is 3.29. The molecule has 8 heteroatoms. The first kappa shape index (κ1) is 18.2. The summed E-state index contributed by atoms with van der Waals surface area (Å²) in [6, 6.07) is 5.49. The van der Waals surface area contributed by atoms with Gasteiger partial charge in [0.2, 0.25) is 0 Å². The average molecular weight is 348 g/mol. The highest BCUT2D eigenvalue weighted by atomic mass is 16.6. The molecule has 0 amide bonds. The molecule has 7 nitrogen and oxygen atoms in total. The van der Waals surface area contributed by atoms with Crippen LogP contribution in [0.15, 0.2) is 18.2 Å². The van der Waals surface area contributed by atoms with Gasteiger partial charge in [0, 0.05) is 51.0 Å². The predicted octanol–water partition coefficient (Wildman–Crippen LogP) is 1.98. The molecule has 0 aromatic heterocycles. The summed E-state index contributed by atoms with van der Waals surface area (Å²) in [5, 5.41) is 11.6. The average Bonchev–Trinajstić information content (AvgIpc) is 2.61. The number of nitrogens with zero attached hydrogens (tertiary/aromatic N) is 2. The zero-order valence-electron chi connectivity index (χ0n) is 15.1. The van der Waals surface area contributed by atoms with Gasteiger partial charge in [-0.05, 0) is 24.4 Å². The third-order valence-corrected chi connectivity index (χ3v) is 4.84. The number of hydrogen-bond donors (Lipinski definition) is 0. The van der Waals surface area contributed by atoms with Crippen molar-refractivity contribution in [3.05, 3.63) is 28.3 Å². The molecule has 3 rings (SSSR count). The van der Waals surface area contributed by atoms with E-state index < -0.39 is 7.12 Å². The third kappa shape index (κ3) is 4.13. The molecule has 1 aromatic carbocycles. The van der Waals surface area contributed by atoms with E-state index in [0.717, 1.165) is 12.8 Å². The van der Waals surface area contributed by atoms with Gasteiger partial charge >= 0.3 is 7.12 Å². The Labute approximate surface area is 148 Å². The SMILES string of the molecule is CN(c1ccc(B2OCC(C)(C)CO2)cc1[N+](=O)[O-])C1CCOCC1. The predicted molar refractivity (Wildman–Crippen MR) is 96.4 cm³/mol. The van der Waals surface area contributed by atoms with Crippen molar-refractivity contribution in [2.75, 3.05) is 38.4 Å². The molecule has 2 saturated heterocycles. The van der Waals surface area contributed by atoms with Gasteiger partial charge in [-0.3, -0.25) is 10.1 Å². The van der Waals surface area contributed by atoms with Crippen molar-refractivity contribution in [1.29, 1.82) is 0 Å². The summed E-state index contributed by atoms with van der Waals surface area (Å²) in [6.07, 6.45) is 1.75. The molecule has 0 atom stereocenters. The first-order chi connectivity index (χ1) is 11.9. The molecule has 0 bridgehead atoms. The molecule has 0 saturated carbocycles. The number of anilines is 1. The van der Waals surface area contributed by atoms with Crippen molar-refractivity contribution in [2.24, 2.45) is 5.41 Å². The van der Waals surface area contributed by atoms with Gasteiger partial charge in [-0.25, -0.2) is 0 Å². The lowest BCUT2D eigenvalue weighted by Crippen LogP contribution is -2.47. The normalized spacial score (nSPS) is 21.2. The number of rotatable bonds is 4. The number of nitro benzene ring substituents is 1. The Kier molecular flexibility index (Phi) is 5.31. The van der Waals surface area contributed by atoms with E-state index in [4.69, 9.17) is 14.0 Å². The Morgan fingerprint density at radius 2 is 1.88 bits per heavy atom. The van der Waals surface area contributed by atoms with Gasteiger partial charge in [0.05, 0.1) is 4.92 Å². The van der Waals surface area contributed by atoms with Gasteiger partial charge < -0.3 is 18.9 Å². The maximum Gasteiger partial charge on any atom is 0.494 e. The van der Waals surface area contributed by atoms with Gasteiger partial charge in [0.15, 0.2) is 0 Å². The van der Waals surface area contributed by atoms with Gasteiger partial charge in [-0.15, -0.1) is 0 Å². The molecule has 0 N–H and O–H groups in total. The Morgan fingerprint density at radius 1 is 1.24 bits per heavy atom. The molecule has 25 heavy (non-hydrogen) atoms. The van der Waals surface area contributed by atoms with Crippen LogP contribution in [0.3, 0.4) is 0 Å². The molecular formula is C17H25BN2O5. The molecule has 2 heterocycles. The van der Waals surface area contributed by atoms with E-state index in [1.165, 1.54) is 0 Å². The van der Waals surface area contributed by atoms with Crippen molar-refractivity contribution < 1.29 is 19.0 Å². The van der Waals surface area contributed by atoms with Crippen molar-refractivity contribution >= 4 is 24.0 Å². The van der Waals surface area contributed by atoms with Crippen LogP contribution in [-0.2, 0) is 14.0 Å². The Hall–Kier alpha value is -1.64. The molecule has 1 aromatic rings. The Bertz CT molecular complexity index is 623. The van der Waals surface area contributed by atoms with Crippen molar-refractivity contribution in [3.8, 4) is 0 Å². The van der Waals surface area contributed by atoms with Crippen LogP contribution < -0.4 is 10.4 Å². The molecule has 0 spiro atoms. The van der Waals surface area contributed by atoms with Crippen LogP contribution in [0.1, 0.15) is 26.7 Å². The van der Waals surface area contributed by atoms with Crippen LogP contribution in [0.2, 0.25) is 0 Å². The fourth-order valence-corrected chi connectivity index (χ4v) is 3.29. The lowest BCUT2D eigenvalue weighted by Gasteiger charge is -2.34. The number of benzene rings is 1. The molecule has 2 aliphatic heterocycles. The Morgan fingerprint density at radius 3 is 2.48 bits per heavy atom. The zero-order chi connectivity index (χ0) is 18.0. The van der Waals surface area contributed by atoms with E-state index in [9.17, 15) is 10.1 Å². The summed E-state index contributed by atoms with van der Waals surface area (Å²) in [5.74, 6) is 0. The van der Waals surface area contributed by atoms with Gasteiger partial charge in [0.1, 0.15) is 5.69 Å². The van der Waals surface area contributed by atoms with Gasteiger partial charge in [-0.1, -0.05) is 19.9 Å². The van der Waals surface area contributed by atoms with Crippen molar-refractivity contribution in [1.82, 2.24) is 0 Å². The molecule has 2 fully saturated rings. The highest BCUT2D eigenvalue weighted by Crippen LogP contribution is 2.30. The summed E-state index contributed by atoms with van der Waals surface area (Å²) in [4.78, 5) is 13.3. The number of hydrogen-bond acceptors (Lipinski definition) is 6. The molecule has 0 aliphatic carbocycles. The van der Waals surface area contributed by atoms with E-state index in [1.54, 1.807) is 12.1 Å². The highest BCUT2D eigenvalue weighted by molar-refractivity contribution is 6.61. The van der Waals surface area contributed by atoms with Crippen molar-refractivity contribution in [2.45, 2.75) is 32.7 Å². The summed E-state index contributed by atoms with van der Waals surface area (Å²) in [7, 11) is 1.36. The molecule has 136 valence electrons. The minimum absolute atomic E-state index is 0.0361. The van der Waals surface area contributed by atoms with E-state index in [0.29, 0.717) is 37.6 Å². The topological polar surface area (TPSA) is 74.1 Å². The van der Waals surface area contributed by atoms with Crippen LogP contribution >= 0.6 is 0 Å². The summed E-state index contributed by atoms with van der Waals surface area (Å²) >= 11 is 0. The van der Waals surface area contributed by atoms with Crippen LogP contribution in [0.25, 0.3) is 0 Å². The summed E-state index contributed by atoms with van der Waals surface area (Å²) < 4.78 is 16.9. The monoisotopic (exact) mass is 348 g/mol. The molecule has 2 aliphatic rings. The molecule has 0 unspecified atom stereocenters. The largest absolute Gasteiger partial charge is 0.494 e. The second-order valence-electron chi connectivity index (χ2n) is 7.58. The van der Waals surface area contributed by atoms with Crippen LogP contribution in [0.5, 0.6) is 0 Å². The van der Waals surface area contributed by atoms with Crippen LogP contribution in [-0.4, -0.2) is 51.6 Å². The molecular weight excluding hydrogens is 323 g/mol. The fraction of sp³-hybridized carbons (Fsp3) is 0.647. The maximum absolute atomic E-state index is 11.6. The summed E-state index contributed by atoms with van der Waals surface area (Å²) in [6.45, 7) is 6.65. The smallest absolute Gasteiger partial charge is 0.407 e. The van der Waals surface area contributed by atoms with Crippen LogP contribution in [0.4, 0.5) is 11.4 Å². The maximum atomic E-state index is 11.6. The number of nitro groups is 1.